The predicted octanol–water partition coefficient (Wildman–Crippen LogP) is 2.04. The van der Waals surface area contributed by atoms with Gasteiger partial charge in [-0.2, -0.15) is 0 Å². The van der Waals surface area contributed by atoms with Crippen LogP contribution in [0.1, 0.15) is 48.1 Å². The van der Waals surface area contributed by atoms with Crippen molar-refractivity contribution in [2.45, 2.75) is 52.7 Å². The van der Waals surface area contributed by atoms with Gasteiger partial charge in [-0.15, -0.1) is 11.3 Å². The molecule has 0 fully saturated rings. The Bertz CT molecular complexity index is 430. The molecule has 1 rings (SSSR count). The number of aliphatic hydroxyl groups is 1. The van der Waals surface area contributed by atoms with Gasteiger partial charge in [0.15, 0.2) is 0 Å². The lowest BCUT2D eigenvalue weighted by Crippen LogP contribution is -2.57. The van der Waals surface area contributed by atoms with E-state index in [9.17, 15) is 9.90 Å². The van der Waals surface area contributed by atoms with Crippen LogP contribution in [0.5, 0.6) is 0 Å². The highest BCUT2D eigenvalue weighted by Gasteiger charge is 2.37. The fourth-order valence-electron chi connectivity index (χ4n) is 1.24. The molecule has 1 aromatic heterocycles. The molecule has 96 valence electrons. The summed E-state index contributed by atoms with van der Waals surface area (Å²) in [6.45, 7) is 10.6. The van der Waals surface area contributed by atoms with Gasteiger partial charge < -0.3 is 10.4 Å². The third kappa shape index (κ3) is 3.04. The second-order valence-corrected chi connectivity index (χ2v) is 6.49. The summed E-state index contributed by atoms with van der Waals surface area (Å²) in [6, 6.07) is 0. The van der Waals surface area contributed by atoms with Gasteiger partial charge in [0.1, 0.15) is 4.88 Å². The Kier molecular flexibility index (Phi) is 3.64. The van der Waals surface area contributed by atoms with E-state index in [2.05, 4.69) is 10.3 Å². The van der Waals surface area contributed by atoms with Crippen molar-refractivity contribution < 1.29 is 9.90 Å². The molecule has 0 radical (unpaired) electrons. The van der Waals surface area contributed by atoms with Gasteiger partial charge >= 0.3 is 0 Å². The zero-order valence-electron chi connectivity index (χ0n) is 11.2. The number of amides is 1. The highest BCUT2D eigenvalue weighted by Crippen LogP contribution is 2.23. The Hall–Kier alpha value is -0.940. The van der Waals surface area contributed by atoms with E-state index in [4.69, 9.17) is 0 Å². The van der Waals surface area contributed by atoms with Crippen LogP contribution >= 0.6 is 11.3 Å². The molecule has 5 heteroatoms. The Morgan fingerprint density at radius 3 is 2.18 bits per heavy atom. The van der Waals surface area contributed by atoms with Gasteiger partial charge in [-0.1, -0.05) is 0 Å². The van der Waals surface area contributed by atoms with Crippen molar-refractivity contribution in [2.75, 3.05) is 0 Å². The molecule has 1 amide bonds. The van der Waals surface area contributed by atoms with Crippen LogP contribution in [0.3, 0.4) is 0 Å². The lowest BCUT2D eigenvalue weighted by molar-refractivity contribution is -0.00286. The molecule has 0 aromatic carbocycles. The summed E-state index contributed by atoms with van der Waals surface area (Å²) in [5, 5.41) is 13.7. The van der Waals surface area contributed by atoms with Gasteiger partial charge in [-0.25, -0.2) is 4.98 Å². The van der Waals surface area contributed by atoms with Crippen molar-refractivity contribution in [3.8, 4) is 0 Å². The van der Waals surface area contributed by atoms with Gasteiger partial charge in [0.05, 0.1) is 21.8 Å². The minimum absolute atomic E-state index is 0.180. The molecule has 0 spiro atoms. The molecular formula is C12H20N2O2S. The SMILES string of the molecule is Cc1nc(C)c(C(=O)NC(C)(C)C(C)(C)O)s1. The number of nitrogens with zero attached hydrogens (tertiary/aromatic N) is 1. The molecule has 17 heavy (non-hydrogen) atoms. The van der Waals surface area contributed by atoms with E-state index < -0.39 is 11.1 Å². The quantitative estimate of drug-likeness (QED) is 0.870. The Morgan fingerprint density at radius 2 is 1.82 bits per heavy atom. The molecule has 2 N–H and O–H groups in total. The summed E-state index contributed by atoms with van der Waals surface area (Å²) in [7, 11) is 0. The second kappa shape index (κ2) is 4.38. The van der Waals surface area contributed by atoms with E-state index in [1.807, 2.05) is 13.8 Å². The fraction of sp³-hybridized carbons (Fsp3) is 0.667. The van der Waals surface area contributed by atoms with Crippen LogP contribution in [0.25, 0.3) is 0 Å². The van der Waals surface area contributed by atoms with E-state index in [0.29, 0.717) is 4.88 Å². The summed E-state index contributed by atoms with van der Waals surface area (Å²) >= 11 is 1.37. The molecule has 0 saturated carbocycles. The predicted molar refractivity (Wildman–Crippen MR) is 69.4 cm³/mol. The smallest absolute Gasteiger partial charge is 0.263 e. The standard InChI is InChI=1S/C12H20N2O2S/c1-7-9(17-8(2)13-7)10(15)14-11(3,4)12(5,6)16/h16H,1-6H3,(H,14,15). The average Bonchev–Trinajstić information content (AvgIpc) is 2.42. The number of aromatic nitrogens is 1. The van der Waals surface area contributed by atoms with E-state index in [1.54, 1.807) is 27.7 Å². The number of thiazole rings is 1. The van der Waals surface area contributed by atoms with E-state index >= 15 is 0 Å². The number of rotatable bonds is 3. The fourth-order valence-corrected chi connectivity index (χ4v) is 2.05. The van der Waals surface area contributed by atoms with Crippen molar-refractivity contribution >= 4 is 17.2 Å². The second-order valence-electron chi connectivity index (χ2n) is 5.29. The van der Waals surface area contributed by atoms with Gasteiger partial charge in [0, 0.05) is 0 Å². The average molecular weight is 256 g/mol. The summed E-state index contributed by atoms with van der Waals surface area (Å²) in [4.78, 5) is 16.9. The molecule has 0 aliphatic heterocycles. The van der Waals surface area contributed by atoms with E-state index in [-0.39, 0.29) is 5.91 Å². The topological polar surface area (TPSA) is 62.2 Å². The van der Waals surface area contributed by atoms with Crippen LogP contribution in [0.2, 0.25) is 0 Å². The van der Waals surface area contributed by atoms with Gasteiger partial charge in [-0.3, -0.25) is 4.79 Å². The normalized spacial score (nSPS) is 12.6. The minimum atomic E-state index is -0.990. The number of nitrogens with one attached hydrogen (secondary N) is 1. The van der Waals surface area contributed by atoms with Crippen LogP contribution in [0.15, 0.2) is 0 Å². The molecule has 0 unspecified atom stereocenters. The first-order valence-electron chi connectivity index (χ1n) is 5.53. The van der Waals surface area contributed by atoms with Crippen molar-refractivity contribution in [2.24, 2.45) is 0 Å². The molecule has 0 atom stereocenters. The Balaban J connectivity index is 2.91. The van der Waals surface area contributed by atoms with Crippen molar-refractivity contribution in [1.29, 1.82) is 0 Å². The number of aryl methyl sites for hydroxylation is 2. The first-order valence-corrected chi connectivity index (χ1v) is 6.35. The molecule has 0 aliphatic carbocycles. The monoisotopic (exact) mass is 256 g/mol. The third-order valence-corrected chi connectivity index (χ3v) is 4.14. The molecule has 4 nitrogen and oxygen atoms in total. The zero-order chi connectivity index (χ0) is 13.4. The summed E-state index contributed by atoms with van der Waals surface area (Å²) < 4.78 is 0. The molecule has 1 aromatic rings. The van der Waals surface area contributed by atoms with Crippen LogP contribution in [0, 0.1) is 13.8 Å². The van der Waals surface area contributed by atoms with Crippen LogP contribution < -0.4 is 5.32 Å². The number of hydrogen-bond donors (Lipinski definition) is 2. The molecular weight excluding hydrogens is 236 g/mol. The third-order valence-electron chi connectivity index (χ3n) is 3.07. The summed E-state index contributed by atoms with van der Waals surface area (Å²) in [5.41, 5.74) is -0.957. The van der Waals surface area contributed by atoms with Crippen molar-refractivity contribution in [3.63, 3.8) is 0 Å². The number of carbonyl (C=O) groups excluding carboxylic acids is 1. The molecule has 0 aliphatic rings. The lowest BCUT2D eigenvalue weighted by atomic mass is 9.86. The first kappa shape index (κ1) is 14.1. The Morgan fingerprint density at radius 1 is 1.29 bits per heavy atom. The van der Waals surface area contributed by atoms with E-state index in [0.717, 1.165) is 10.7 Å². The maximum Gasteiger partial charge on any atom is 0.263 e. The first-order chi connectivity index (χ1) is 7.54. The van der Waals surface area contributed by atoms with Crippen molar-refractivity contribution in [3.05, 3.63) is 15.6 Å². The highest BCUT2D eigenvalue weighted by molar-refractivity contribution is 7.13. The molecule has 1 heterocycles. The van der Waals surface area contributed by atoms with Crippen LogP contribution in [0.4, 0.5) is 0 Å². The maximum absolute atomic E-state index is 12.1. The number of carbonyl (C=O) groups is 1. The summed E-state index contributed by atoms with van der Waals surface area (Å²) in [6.07, 6.45) is 0. The zero-order valence-corrected chi connectivity index (χ0v) is 12.0. The van der Waals surface area contributed by atoms with Gasteiger partial charge in [-0.05, 0) is 41.5 Å². The van der Waals surface area contributed by atoms with Gasteiger partial charge in [0.25, 0.3) is 5.91 Å². The van der Waals surface area contributed by atoms with E-state index in [1.165, 1.54) is 11.3 Å². The highest BCUT2D eigenvalue weighted by atomic mass is 32.1. The van der Waals surface area contributed by atoms with Crippen LogP contribution in [-0.2, 0) is 0 Å². The van der Waals surface area contributed by atoms with Gasteiger partial charge in [0.2, 0.25) is 0 Å². The van der Waals surface area contributed by atoms with Crippen LogP contribution in [-0.4, -0.2) is 27.1 Å². The lowest BCUT2D eigenvalue weighted by Gasteiger charge is -2.37. The largest absolute Gasteiger partial charge is 0.388 e. The minimum Gasteiger partial charge on any atom is -0.388 e. The number of hydrogen-bond acceptors (Lipinski definition) is 4. The summed E-state index contributed by atoms with van der Waals surface area (Å²) in [5.74, 6) is -0.180. The Labute approximate surface area is 106 Å². The molecule has 0 saturated heterocycles. The molecule has 0 bridgehead atoms. The van der Waals surface area contributed by atoms with Crippen molar-refractivity contribution in [1.82, 2.24) is 10.3 Å². The maximum atomic E-state index is 12.1.